The standard InChI is InChI=1S/C23H32N2O7/c1-12(2)14(19(26)24-13-10-8-7-9-11-13)25-20(27)17-15-16(30-22(3,4)29-15)18-21(28-17)32-23(5,6)31-18/h7-12,14-18,21H,1-6H3,(H,24,26)(H,25,27). The topological polar surface area (TPSA) is 104 Å². The molecular formula is C23H32N2O7. The maximum atomic E-state index is 13.3. The minimum absolute atomic E-state index is 0.156. The Labute approximate surface area is 188 Å². The van der Waals surface area contributed by atoms with Crippen molar-refractivity contribution >= 4 is 17.5 Å². The van der Waals surface area contributed by atoms with E-state index in [-0.39, 0.29) is 11.8 Å². The van der Waals surface area contributed by atoms with Crippen molar-refractivity contribution < 1.29 is 33.3 Å². The molecule has 3 saturated heterocycles. The van der Waals surface area contributed by atoms with Crippen LogP contribution < -0.4 is 10.6 Å². The highest BCUT2D eigenvalue weighted by Gasteiger charge is 2.62. The Bertz CT molecular complexity index is 857. The molecule has 0 aliphatic carbocycles. The van der Waals surface area contributed by atoms with Crippen LogP contribution in [-0.2, 0) is 33.3 Å². The van der Waals surface area contributed by atoms with Gasteiger partial charge in [0.05, 0.1) is 0 Å². The van der Waals surface area contributed by atoms with Crippen molar-refractivity contribution in [1.29, 1.82) is 0 Å². The lowest BCUT2D eigenvalue weighted by Crippen LogP contribution is -2.61. The van der Waals surface area contributed by atoms with Gasteiger partial charge in [0.1, 0.15) is 24.4 Å². The molecule has 6 atom stereocenters. The molecule has 3 fully saturated rings. The third kappa shape index (κ3) is 4.67. The van der Waals surface area contributed by atoms with Gasteiger partial charge >= 0.3 is 0 Å². The maximum absolute atomic E-state index is 13.3. The lowest BCUT2D eigenvalue weighted by atomic mass is 9.97. The molecule has 0 saturated carbocycles. The zero-order chi connectivity index (χ0) is 23.3. The van der Waals surface area contributed by atoms with Crippen LogP contribution in [0.25, 0.3) is 0 Å². The summed E-state index contributed by atoms with van der Waals surface area (Å²) in [6, 6.07) is 8.33. The first kappa shape index (κ1) is 23.1. The Morgan fingerprint density at radius 2 is 1.47 bits per heavy atom. The lowest BCUT2D eigenvalue weighted by Gasteiger charge is -2.37. The molecule has 0 aromatic heterocycles. The van der Waals surface area contributed by atoms with Gasteiger partial charge < -0.3 is 34.3 Å². The number of fused-ring (bicyclic) bond motifs is 3. The minimum atomic E-state index is -1.02. The van der Waals surface area contributed by atoms with E-state index in [9.17, 15) is 9.59 Å². The van der Waals surface area contributed by atoms with E-state index in [2.05, 4.69) is 10.6 Å². The molecule has 0 spiro atoms. The second kappa shape index (κ2) is 8.39. The second-order valence-electron chi connectivity index (χ2n) is 9.68. The summed E-state index contributed by atoms with van der Waals surface area (Å²) >= 11 is 0. The Hall–Kier alpha value is -2.04. The van der Waals surface area contributed by atoms with Crippen molar-refractivity contribution in [3.63, 3.8) is 0 Å². The monoisotopic (exact) mass is 448 g/mol. The number of hydrogen-bond acceptors (Lipinski definition) is 7. The van der Waals surface area contributed by atoms with Crippen molar-refractivity contribution in [2.75, 3.05) is 5.32 Å². The van der Waals surface area contributed by atoms with Crippen molar-refractivity contribution in [2.45, 2.75) is 89.9 Å². The van der Waals surface area contributed by atoms with Crippen molar-refractivity contribution in [3.05, 3.63) is 30.3 Å². The highest BCUT2D eigenvalue weighted by atomic mass is 16.9. The number of hydrogen-bond donors (Lipinski definition) is 2. The summed E-state index contributed by atoms with van der Waals surface area (Å²) in [4.78, 5) is 26.2. The molecule has 3 aliphatic rings. The molecule has 0 bridgehead atoms. The Morgan fingerprint density at radius 3 is 2.12 bits per heavy atom. The smallest absolute Gasteiger partial charge is 0.252 e. The molecule has 9 nitrogen and oxygen atoms in total. The Balaban J connectivity index is 1.51. The number of anilines is 1. The van der Waals surface area contributed by atoms with Crippen LogP contribution in [-0.4, -0.2) is 60.1 Å². The predicted octanol–water partition coefficient (Wildman–Crippen LogP) is 2.16. The van der Waals surface area contributed by atoms with Crippen LogP contribution >= 0.6 is 0 Å². The number of carbonyl (C=O) groups is 2. The van der Waals surface area contributed by atoms with E-state index in [4.69, 9.17) is 23.7 Å². The Morgan fingerprint density at radius 1 is 0.875 bits per heavy atom. The van der Waals surface area contributed by atoms with Gasteiger partial charge in [-0.1, -0.05) is 32.0 Å². The average molecular weight is 449 g/mol. The molecule has 3 aliphatic heterocycles. The largest absolute Gasteiger partial charge is 0.342 e. The first-order valence-corrected chi connectivity index (χ1v) is 11.0. The Kier molecular flexibility index (Phi) is 6.06. The molecule has 1 aromatic carbocycles. The normalized spacial score (nSPS) is 33.3. The van der Waals surface area contributed by atoms with Gasteiger partial charge in [-0.05, 0) is 45.7 Å². The molecule has 176 valence electrons. The summed E-state index contributed by atoms with van der Waals surface area (Å²) in [6.07, 6.45) is -3.57. The van der Waals surface area contributed by atoms with Crippen LogP contribution in [0.2, 0.25) is 0 Å². The summed E-state index contributed by atoms with van der Waals surface area (Å²) in [5.74, 6) is -2.72. The summed E-state index contributed by atoms with van der Waals surface area (Å²) < 4.78 is 29.9. The van der Waals surface area contributed by atoms with E-state index in [1.54, 1.807) is 39.8 Å². The first-order chi connectivity index (χ1) is 15.0. The zero-order valence-corrected chi connectivity index (χ0v) is 19.3. The highest BCUT2D eigenvalue weighted by Crippen LogP contribution is 2.44. The summed E-state index contributed by atoms with van der Waals surface area (Å²) in [5, 5.41) is 5.68. The minimum Gasteiger partial charge on any atom is -0.342 e. The predicted molar refractivity (Wildman–Crippen MR) is 114 cm³/mol. The second-order valence-corrected chi connectivity index (χ2v) is 9.68. The number of nitrogens with one attached hydrogen (secondary N) is 2. The molecule has 1 aromatic rings. The number of para-hydroxylation sites is 1. The van der Waals surface area contributed by atoms with Crippen LogP contribution in [0.3, 0.4) is 0 Å². The third-order valence-corrected chi connectivity index (χ3v) is 5.70. The van der Waals surface area contributed by atoms with Crippen LogP contribution in [0.15, 0.2) is 30.3 Å². The molecule has 2 N–H and O–H groups in total. The number of rotatable bonds is 5. The summed E-state index contributed by atoms with van der Waals surface area (Å²) in [6.45, 7) is 10.8. The van der Waals surface area contributed by atoms with Crippen molar-refractivity contribution in [1.82, 2.24) is 5.32 Å². The fourth-order valence-electron chi connectivity index (χ4n) is 4.34. The van der Waals surface area contributed by atoms with Crippen LogP contribution in [0.1, 0.15) is 41.5 Å². The highest BCUT2D eigenvalue weighted by molar-refractivity contribution is 5.98. The molecule has 4 rings (SSSR count). The molecule has 2 amide bonds. The number of benzene rings is 1. The van der Waals surface area contributed by atoms with Crippen LogP contribution in [0.4, 0.5) is 5.69 Å². The molecule has 32 heavy (non-hydrogen) atoms. The van der Waals surface area contributed by atoms with Crippen molar-refractivity contribution in [2.24, 2.45) is 5.92 Å². The fourth-order valence-corrected chi connectivity index (χ4v) is 4.34. The van der Waals surface area contributed by atoms with Gasteiger partial charge in [0.15, 0.2) is 24.0 Å². The van der Waals surface area contributed by atoms with E-state index >= 15 is 0 Å². The number of ether oxygens (including phenoxy) is 5. The molecular weight excluding hydrogens is 416 g/mol. The molecule has 9 heteroatoms. The summed E-state index contributed by atoms with van der Waals surface area (Å²) in [7, 11) is 0. The van der Waals surface area contributed by atoms with Crippen LogP contribution in [0.5, 0.6) is 0 Å². The van der Waals surface area contributed by atoms with E-state index in [1.807, 2.05) is 32.0 Å². The quantitative estimate of drug-likeness (QED) is 0.711. The first-order valence-electron chi connectivity index (χ1n) is 11.0. The van der Waals surface area contributed by atoms with Gasteiger partial charge in [-0.15, -0.1) is 0 Å². The SMILES string of the molecule is CC(C)C(NC(=O)C1OC2OC(C)(C)OC2C2OC(C)(C)OC12)C(=O)Nc1ccccc1. The third-order valence-electron chi connectivity index (χ3n) is 5.70. The van der Waals surface area contributed by atoms with Gasteiger partial charge in [-0.25, -0.2) is 0 Å². The van der Waals surface area contributed by atoms with E-state index < -0.39 is 54.2 Å². The zero-order valence-electron chi connectivity index (χ0n) is 19.3. The van der Waals surface area contributed by atoms with E-state index in [0.717, 1.165) is 0 Å². The van der Waals surface area contributed by atoms with Gasteiger partial charge in [0, 0.05) is 5.69 Å². The van der Waals surface area contributed by atoms with Gasteiger partial charge in [-0.2, -0.15) is 0 Å². The average Bonchev–Trinajstić information content (AvgIpc) is 3.19. The van der Waals surface area contributed by atoms with Crippen LogP contribution in [0, 0.1) is 5.92 Å². The fraction of sp³-hybridized carbons (Fsp3) is 0.652. The maximum Gasteiger partial charge on any atom is 0.252 e. The lowest BCUT2D eigenvalue weighted by molar-refractivity contribution is -0.231. The number of carbonyl (C=O) groups excluding carboxylic acids is 2. The molecule has 0 radical (unpaired) electrons. The number of amides is 2. The summed E-state index contributed by atoms with van der Waals surface area (Å²) in [5.41, 5.74) is 0.655. The van der Waals surface area contributed by atoms with Crippen molar-refractivity contribution in [3.8, 4) is 0 Å². The van der Waals surface area contributed by atoms with Gasteiger partial charge in [0.25, 0.3) is 5.91 Å². The van der Waals surface area contributed by atoms with Gasteiger partial charge in [0.2, 0.25) is 5.91 Å². The van der Waals surface area contributed by atoms with E-state index in [0.29, 0.717) is 5.69 Å². The van der Waals surface area contributed by atoms with E-state index in [1.165, 1.54) is 0 Å². The molecule has 3 heterocycles. The van der Waals surface area contributed by atoms with Gasteiger partial charge in [-0.3, -0.25) is 9.59 Å². The molecule has 6 unspecified atom stereocenters.